The highest BCUT2D eigenvalue weighted by Gasteiger charge is 2.12. The van der Waals surface area contributed by atoms with Gasteiger partial charge in [-0.3, -0.25) is 9.69 Å². The lowest BCUT2D eigenvalue weighted by atomic mass is 10.1. The first-order valence-electron chi connectivity index (χ1n) is 7.99. The number of aromatic nitrogens is 3. The molecule has 26 heavy (non-hydrogen) atoms. The third-order valence-corrected chi connectivity index (χ3v) is 4.59. The number of aryl methyl sites for hydroxylation is 1. The minimum atomic E-state index is -2.78. The van der Waals surface area contributed by atoms with Crippen LogP contribution >= 0.6 is 11.3 Å². The molecule has 3 aromatic rings. The standard InChI is InChI=1S/C18H18F2N4OS/c1-11-21-14(10-26-11)9-24(2)8-12-3-5-13(6-4-12)18-22-15(17(19)20)7-16(25)23-18/h3-7,10,17H,8-9H2,1-2H3,(H,22,23,25). The summed E-state index contributed by atoms with van der Waals surface area (Å²) in [6, 6.07) is 8.14. The zero-order valence-corrected chi connectivity index (χ0v) is 15.2. The van der Waals surface area contributed by atoms with Crippen molar-refractivity contribution in [2.24, 2.45) is 0 Å². The van der Waals surface area contributed by atoms with Crippen LogP contribution in [0.25, 0.3) is 11.4 Å². The quantitative estimate of drug-likeness (QED) is 0.711. The number of nitrogens with one attached hydrogen (secondary N) is 1. The fourth-order valence-electron chi connectivity index (χ4n) is 2.62. The minimum absolute atomic E-state index is 0.144. The Hall–Kier alpha value is -2.45. The van der Waals surface area contributed by atoms with Gasteiger partial charge in [0.25, 0.3) is 12.0 Å². The molecular weight excluding hydrogens is 358 g/mol. The first kappa shape index (κ1) is 18.3. The van der Waals surface area contributed by atoms with Gasteiger partial charge in [0.2, 0.25) is 0 Å². The lowest BCUT2D eigenvalue weighted by Gasteiger charge is -2.15. The Morgan fingerprint density at radius 3 is 2.54 bits per heavy atom. The molecule has 0 amide bonds. The van der Waals surface area contributed by atoms with Crippen LogP contribution in [0.1, 0.15) is 28.4 Å². The van der Waals surface area contributed by atoms with Crippen molar-refractivity contribution < 1.29 is 8.78 Å². The van der Waals surface area contributed by atoms with E-state index in [9.17, 15) is 13.6 Å². The normalized spacial score (nSPS) is 11.5. The molecular formula is C18H18F2N4OS. The van der Waals surface area contributed by atoms with E-state index in [-0.39, 0.29) is 5.82 Å². The molecule has 3 rings (SSSR count). The number of thiazole rings is 1. The predicted molar refractivity (Wildman–Crippen MR) is 97.3 cm³/mol. The monoisotopic (exact) mass is 376 g/mol. The van der Waals surface area contributed by atoms with Crippen molar-refractivity contribution in [1.29, 1.82) is 0 Å². The van der Waals surface area contributed by atoms with Gasteiger partial charge in [-0.1, -0.05) is 24.3 Å². The van der Waals surface area contributed by atoms with Crippen LogP contribution < -0.4 is 5.56 Å². The second-order valence-corrected chi connectivity index (χ2v) is 7.11. The maximum Gasteiger partial charge on any atom is 0.280 e. The molecule has 0 aliphatic rings. The summed E-state index contributed by atoms with van der Waals surface area (Å²) in [4.78, 5) is 24.5. The highest BCUT2D eigenvalue weighted by atomic mass is 32.1. The minimum Gasteiger partial charge on any atom is -0.307 e. The summed E-state index contributed by atoms with van der Waals surface area (Å²) in [6.07, 6.45) is -2.78. The second kappa shape index (κ2) is 7.84. The lowest BCUT2D eigenvalue weighted by molar-refractivity contribution is 0.146. The van der Waals surface area contributed by atoms with Crippen LogP contribution in [-0.2, 0) is 13.1 Å². The Bertz CT molecular complexity index is 937. The molecule has 0 fully saturated rings. The van der Waals surface area contributed by atoms with Gasteiger partial charge in [-0.25, -0.2) is 18.7 Å². The Morgan fingerprint density at radius 2 is 1.92 bits per heavy atom. The maximum atomic E-state index is 12.8. The number of H-pyrrole nitrogens is 1. The summed E-state index contributed by atoms with van der Waals surface area (Å²) >= 11 is 1.63. The molecule has 0 radical (unpaired) electrons. The molecule has 2 heterocycles. The van der Waals surface area contributed by atoms with Gasteiger partial charge < -0.3 is 4.98 Å². The molecule has 5 nitrogen and oxygen atoms in total. The third kappa shape index (κ3) is 4.59. The number of halogens is 2. The van der Waals surface area contributed by atoms with Gasteiger partial charge in [0.15, 0.2) is 0 Å². The van der Waals surface area contributed by atoms with E-state index in [0.29, 0.717) is 5.56 Å². The summed E-state index contributed by atoms with van der Waals surface area (Å²) < 4.78 is 25.6. The lowest BCUT2D eigenvalue weighted by Crippen LogP contribution is -2.17. The molecule has 0 aliphatic heterocycles. The van der Waals surface area contributed by atoms with Crippen molar-refractivity contribution in [3.63, 3.8) is 0 Å². The summed E-state index contributed by atoms with van der Waals surface area (Å²) in [5, 5.41) is 3.10. The molecule has 0 unspecified atom stereocenters. The van der Waals surface area contributed by atoms with Gasteiger partial charge in [-0.05, 0) is 19.5 Å². The van der Waals surface area contributed by atoms with Crippen molar-refractivity contribution in [3.05, 3.63) is 68.0 Å². The molecule has 2 aromatic heterocycles. The molecule has 136 valence electrons. The topological polar surface area (TPSA) is 61.9 Å². The van der Waals surface area contributed by atoms with Crippen molar-refractivity contribution in [3.8, 4) is 11.4 Å². The summed E-state index contributed by atoms with van der Waals surface area (Å²) in [5.74, 6) is 0.144. The second-order valence-electron chi connectivity index (χ2n) is 6.05. The summed E-state index contributed by atoms with van der Waals surface area (Å²) in [6.45, 7) is 3.45. The predicted octanol–water partition coefficient (Wildman–Crippen LogP) is 3.77. The third-order valence-electron chi connectivity index (χ3n) is 3.76. The van der Waals surface area contributed by atoms with Gasteiger partial charge in [0.1, 0.15) is 11.5 Å². The van der Waals surface area contributed by atoms with Crippen molar-refractivity contribution in [2.45, 2.75) is 26.4 Å². The van der Waals surface area contributed by atoms with Crippen LogP contribution in [0.2, 0.25) is 0 Å². The van der Waals surface area contributed by atoms with Crippen LogP contribution in [-0.4, -0.2) is 26.9 Å². The average molecular weight is 376 g/mol. The number of hydrogen-bond acceptors (Lipinski definition) is 5. The van der Waals surface area contributed by atoms with Crippen molar-refractivity contribution >= 4 is 11.3 Å². The van der Waals surface area contributed by atoms with Crippen LogP contribution in [0.3, 0.4) is 0 Å². The van der Waals surface area contributed by atoms with E-state index in [1.54, 1.807) is 23.5 Å². The number of aromatic amines is 1. The average Bonchev–Trinajstić information content (AvgIpc) is 2.99. The maximum absolute atomic E-state index is 12.8. The number of hydrogen-bond donors (Lipinski definition) is 1. The van der Waals surface area contributed by atoms with E-state index in [1.165, 1.54) is 0 Å². The molecule has 0 spiro atoms. The van der Waals surface area contributed by atoms with Crippen molar-refractivity contribution in [1.82, 2.24) is 19.9 Å². The zero-order valence-electron chi connectivity index (χ0n) is 14.4. The van der Waals surface area contributed by atoms with E-state index in [0.717, 1.165) is 35.4 Å². The van der Waals surface area contributed by atoms with E-state index < -0.39 is 17.7 Å². The first-order chi connectivity index (χ1) is 12.4. The van der Waals surface area contributed by atoms with Crippen LogP contribution in [0.5, 0.6) is 0 Å². The SMILES string of the molecule is Cc1nc(CN(C)Cc2ccc(-c3nc(C(F)F)cc(=O)[nH]3)cc2)cs1. The fraction of sp³-hybridized carbons (Fsp3) is 0.278. The first-order valence-corrected chi connectivity index (χ1v) is 8.87. The largest absolute Gasteiger partial charge is 0.307 e. The zero-order chi connectivity index (χ0) is 18.7. The Balaban J connectivity index is 1.71. The van der Waals surface area contributed by atoms with Crippen LogP contribution in [0, 0.1) is 6.92 Å². The highest BCUT2D eigenvalue weighted by Crippen LogP contribution is 2.20. The highest BCUT2D eigenvalue weighted by molar-refractivity contribution is 7.09. The molecule has 1 aromatic carbocycles. The molecule has 0 saturated heterocycles. The van der Waals surface area contributed by atoms with Crippen LogP contribution in [0.4, 0.5) is 8.78 Å². The van der Waals surface area contributed by atoms with Crippen molar-refractivity contribution in [2.75, 3.05) is 7.05 Å². The molecule has 0 aliphatic carbocycles. The Kier molecular flexibility index (Phi) is 5.53. The Morgan fingerprint density at radius 1 is 1.19 bits per heavy atom. The molecule has 0 atom stereocenters. The number of nitrogens with zero attached hydrogens (tertiary/aromatic N) is 3. The van der Waals surface area contributed by atoms with Gasteiger partial charge >= 0.3 is 0 Å². The van der Waals surface area contributed by atoms with E-state index in [4.69, 9.17) is 0 Å². The van der Waals surface area contributed by atoms with Gasteiger partial charge in [0, 0.05) is 30.1 Å². The molecule has 1 N–H and O–H groups in total. The molecule has 8 heteroatoms. The van der Waals surface area contributed by atoms with E-state index >= 15 is 0 Å². The fourth-order valence-corrected chi connectivity index (χ4v) is 3.22. The molecule has 0 saturated carbocycles. The van der Waals surface area contributed by atoms with Gasteiger partial charge in [0.05, 0.1) is 10.7 Å². The molecule has 0 bridgehead atoms. The summed E-state index contributed by atoms with van der Waals surface area (Å²) in [5.41, 5.74) is 1.58. The van der Waals surface area contributed by atoms with E-state index in [2.05, 4.69) is 19.9 Å². The Labute approximate surface area is 153 Å². The smallest absolute Gasteiger partial charge is 0.280 e. The van der Waals surface area contributed by atoms with Crippen LogP contribution in [0.15, 0.2) is 40.5 Å². The van der Waals surface area contributed by atoms with Gasteiger partial charge in [-0.2, -0.15) is 0 Å². The van der Waals surface area contributed by atoms with E-state index in [1.807, 2.05) is 31.5 Å². The number of rotatable bonds is 6. The summed E-state index contributed by atoms with van der Waals surface area (Å²) in [7, 11) is 2.01. The van der Waals surface area contributed by atoms with Gasteiger partial charge in [-0.15, -0.1) is 11.3 Å². The number of benzene rings is 1. The number of alkyl halides is 2.